The van der Waals surface area contributed by atoms with Crippen molar-refractivity contribution in [1.29, 1.82) is 5.26 Å². The zero-order valence-corrected chi connectivity index (χ0v) is 8.81. The van der Waals surface area contributed by atoms with Gasteiger partial charge in [-0.15, -0.1) is 0 Å². The average molecular weight is 280 g/mol. The molecular formula is C9H9KN2O4S. The van der Waals surface area contributed by atoms with Gasteiger partial charge in [0.2, 0.25) is 5.91 Å². The number of primary amides is 1. The van der Waals surface area contributed by atoms with E-state index in [4.69, 9.17) is 15.5 Å². The molecule has 1 rings (SSSR count). The van der Waals surface area contributed by atoms with Crippen molar-refractivity contribution in [1.82, 2.24) is 0 Å². The Balaban J connectivity index is 0.00000256. The monoisotopic (exact) mass is 280 g/mol. The van der Waals surface area contributed by atoms with Gasteiger partial charge in [0, 0.05) is 0 Å². The third-order valence-corrected chi connectivity index (χ3v) is 2.75. The van der Waals surface area contributed by atoms with E-state index in [1.54, 1.807) is 6.07 Å². The van der Waals surface area contributed by atoms with E-state index in [0.29, 0.717) is 0 Å². The van der Waals surface area contributed by atoms with Gasteiger partial charge in [0.25, 0.3) is 10.1 Å². The minimum absolute atomic E-state index is 0. The van der Waals surface area contributed by atoms with E-state index in [-0.39, 0.29) is 61.8 Å². The van der Waals surface area contributed by atoms with Crippen LogP contribution in [0.2, 0.25) is 0 Å². The van der Waals surface area contributed by atoms with E-state index in [1.165, 1.54) is 12.1 Å². The third kappa shape index (κ3) is 4.48. The summed E-state index contributed by atoms with van der Waals surface area (Å²) >= 11 is 0. The normalized spacial score (nSPS) is 12.0. The Morgan fingerprint density at radius 3 is 2.47 bits per heavy atom. The van der Waals surface area contributed by atoms with Crippen molar-refractivity contribution in [2.75, 3.05) is 0 Å². The molecule has 1 amide bonds. The molecule has 0 fully saturated rings. The molecule has 0 aromatic heterocycles. The number of hydrogen-bond acceptors (Lipinski definition) is 4. The third-order valence-electron chi connectivity index (χ3n) is 1.90. The molecule has 1 atom stereocenters. The van der Waals surface area contributed by atoms with Crippen molar-refractivity contribution < 1.29 is 17.8 Å². The molecule has 0 aliphatic carbocycles. The van der Waals surface area contributed by atoms with Crippen LogP contribution >= 0.6 is 0 Å². The first-order chi connectivity index (χ1) is 7.36. The Hall–Kier alpha value is -0.274. The zero-order valence-electron chi connectivity index (χ0n) is 7.99. The Morgan fingerprint density at radius 2 is 2.06 bits per heavy atom. The summed E-state index contributed by atoms with van der Waals surface area (Å²) in [4.78, 5) is 10.5. The van der Waals surface area contributed by atoms with E-state index < -0.39 is 21.9 Å². The second kappa shape index (κ2) is 6.60. The van der Waals surface area contributed by atoms with Gasteiger partial charge in [-0.25, -0.2) is 0 Å². The molecule has 17 heavy (non-hydrogen) atoms. The first-order valence-corrected chi connectivity index (χ1v) is 5.56. The van der Waals surface area contributed by atoms with E-state index in [0.717, 1.165) is 12.1 Å². The molecule has 8 heteroatoms. The molecule has 0 spiro atoms. The van der Waals surface area contributed by atoms with Crippen LogP contribution in [0.5, 0.6) is 0 Å². The molecule has 1 aromatic rings. The Labute approximate surface area is 141 Å². The summed E-state index contributed by atoms with van der Waals surface area (Å²) < 4.78 is 30.4. The van der Waals surface area contributed by atoms with Gasteiger partial charge in [0.05, 0.1) is 11.0 Å². The number of nitrogens with two attached hydrogens (primary N) is 1. The summed E-state index contributed by atoms with van der Waals surface area (Å²) in [5.41, 5.74) is 5.09. The fourth-order valence-electron chi connectivity index (χ4n) is 1.16. The first-order valence-electron chi connectivity index (χ1n) is 4.12. The molecule has 0 aliphatic heterocycles. The Morgan fingerprint density at radius 1 is 1.47 bits per heavy atom. The number of carbonyl (C=O) groups excluding carboxylic acids is 1. The van der Waals surface area contributed by atoms with E-state index >= 15 is 0 Å². The SMILES string of the molecule is N#CC(C(N)=O)c1cccc(S(=O)(=O)O)c1.[KH]. The topological polar surface area (TPSA) is 121 Å². The molecule has 0 heterocycles. The number of nitriles is 1. The summed E-state index contributed by atoms with van der Waals surface area (Å²) in [6.45, 7) is 0. The van der Waals surface area contributed by atoms with Gasteiger partial charge in [0.1, 0.15) is 5.92 Å². The van der Waals surface area contributed by atoms with Gasteiger partial charge in [-0.3, -0.25) is 9.35 Å². The van der Waals surface area contributed by atoms with Crippen molar-refractivity contribution in [2.24, 2.45) is 5.73 Å². The molecule has 0 radical (unpaired) electrons. The van der Waals surface area contributed by atoms with Crippen LogP contribution in [0, 0.1) is 11.3 Å². The van der Waals surface area contributed by atoms with Crippen molar-refractivity contribution in [3.05, 3.63) is 29.8 Å². The van der Waals surface area contributed by atoms with Crippen LogP contribution in [0.4, 0.5) is 0 Å². The summed E-state index contributed by atoms with van der Waals surface area (Å²) in [6.07, 6.45) is 0. The molecule has 1 unspecified atom stereocenters. The number of benzene rings is 1. The molecular weight excluding hydrogens is 271 g/mol. The molecule has 1 aromatic carbocycles. The second-order valence-corrected chi connectivity index (χ2v) is 4.43. The predicted molar refractivity (Wildman–Crippen MR) is 61.0 cm³/mol. The molecule has 3 N–H and O–H groups in total. The number of rotatable bonds is 3. The van der Waals surface area contributed by atoms with E-state index in [1.807, 2.05) is 0 Å². The Bertz CT molecular complexity index is 565. The van der Waals surface area contributed by atoms with Crippen molar-refractivity contribution in [3.8, 4) is 6.07 Å². The summed E-state index contributed by atoms with van der Waals surface area (Å²) in [7, 11) is -4.35. The van der Waals surface area contributed by atoms with Crippen molar-refractivity contribution in [2.45, 2.75) is 10.8 Å². The standard InChI is InChI=1S/C9H8N2O4S.K.H/c10-5-8(9(11)12)6-2-1-3-7(4-6)16(13,14)15;;/h1-4,8H,(H2,11,12)(H,13,14,15);;. The van der Waals surface area contributed by atoms with Crippen molar-refractivity contribution >= 4 is 67.4 Å². The zero-order chi connectivity index (χ0) is 12.3. The summed E-state index contributed by atoms with van der Waals surface area (Å²) in [5.74, 6) is -2.11. The number of nitrogens with zero attached hydrogens (tertiary/aromatic N) is 1. The molecule has 6 nitrogen and oxygen atoms in total. The van der Waals surface area contributed by atoms with Crippen LogP contribution in [-0.4, -0.2) is 70.3 Å². The van der Waals surface area contributed by atoms with Crippen LogP contribution in [-0.2, 0) is 14.9 Å². The van der Waals surface area contributed by atoms with Gasteiger partial charge in [-0.2, -0.15) is 13.7 Å². The molecule has 0 aliphatic rings. The van der Waals surface area contributed by atoms with Gasteiger partial charge in [0.15, 0.2) is 0 Å². The van der Waals surface area contributed by atoms with Crippen LogP contribution in [0.3, 0.4) is 0 Å². The minimum atomic E-state index is -4.35. The number of hydrogen-bond donors (Lipinski definition) is 2. The fourth-order valence-corrected chi connectivity index (χ4v) is 1.69. The van der Waals surface area contributed by atoms with Crippen LogP contribution in [0.15, 0.2) is 29.2 Å². The van der Waals surface area contributed by atoms with E-state index in [2.05, 4.69) is 0 Å². The Kier molecular flexibility index (Phi) is 6.50. The first kappa shape index (κ1) is 16.7. The maximum absolute atomic E-state index is 10.9. The number of carbonyl (C=O) groups is 1. The van der Waals surface area contributed by atoms with E-state index in [9.17, 15) is 13.2 Å². The quantitative estimate of drug-likeness (QED) is 0.564. The van der Waals surface area contributed by atoms with Gasteiger partial charge < -0.3 is 5.73 Å². The van der Waals surface area contributed by atoms with Gasteiger partial charge in [-0.1, -0.05) is 12.1 Å². The second-order valence-electron chi connectivity index (χ2n) is 3.01. The summed E-state index contributed by atoms with van der Waals surface area (Å²) in [6, 6.07) is 6.52. The van der Waals surface area contributed by atoms with Gasteiger partial charge in [-0.05, 0) is 17.7 Å². The molecule has 0 saturated carbocycles. The van der Waals surface area contributed by atoms with Crippen LogP contribution in [0.25, 0.3) is 0 Å². The van der Waals surface area contributed by atoms with Gasteiger partial charge >= 0.3 is 51.4 Å². The number of amides is 1. The predicted octanol–water partition coefficient (Wildman–Crippen LogP) is -0.623. The average Bonchev–Trinajstić information content (AvgIpc) is 2.17. The molecule has 0 bridgehead atoms. The fraction of sp³-hybridized carbons (Fsp3) is 0.111. The summed E-state index contributed by atoms with van der Waals surface area (Å²) in [5, 5.41) is 8.68. The molecule has 0 saturated heterocycles. The van der Waals surface area contributed by atoms with Crippen molar-refractivity contribution in [3.63, 3.8) is 0 Å². The molecule has 86 valence electrons. The van der Waals surface area contributed by atoms with Crippen LogP contribution in [0.1, 0.15) is 11.5 Å². The maximum atomic E-state index is 10.9. The van der Waals surface area contributed by atoms with Crippen LogP contribution < -0.4 is 5.73 Å².